The van der Waals surface area contributed by atoms with E-state index in [-0.39, 0.29) is 34.1 Å². The smallest absolute Gasteiger partial charge is 0.550 e. The van der Waals surface area contributed by atoms with Crippen molar-refractivity contribution < 1.29 is 133 Å². The van der Waals surface area contributed by atoms with Gasteiger partial charge in [-0.25, -0.2) is 13.2 Å². The number of hydrogen-bond acceptors (Lipinski definition) is 12. The Morgan fingerprint density at radius 1 is 0.447 bits per heavy atom. The van der Waals surface area contributed by atoms with Crippen molar-refractivity contribution in [2.45, 2.75) is 55.5 Å². The zero-order valence-corrected chi connectivity index (χ0v) is 19.6. The van der Waals surface area contributed by atoms with Crippen molar-refractivity contribution >= 4 is 35.8 Å². The predicted molar refractivity (Wildman–Crippen MR) is 73.4 cm³/mol. The topological polar surface area (TPSA) is 241 Å². The molecule has 0 rings (SSSR count). The number of aliphatic carboxylic acids is 6. The van der Waals surface area contributed by atoms with Crippen LogP contribution in [0.15, 0.2) is 0 Å². The van der Waals surface area contributed by atoms with Crippen molar-refractivity contribution in [1.82, 2.24) is 0 Å². The Hall–Kier alpha value is -2.77. The van der Waals surface area contributed by atoms with Gasteiger partial charge in [-0.3, -0.25) is 0 Å². The summed E-state index contributed by atoms with van der Waals surface area (Å²) in [6.45, 7) is 0. The van der Waals surface area contributed by atoms with E-state index in [2.05, 4.69) is 0 Å². The van der Waals surface area contributed by atoms with Crippen LogP contribution in [0.4, 0.5) is 39.5 Å². The molecule has 2 radical (unpaired) electrons. The molecular formula is C15H9F9Fe2O12. The molecule has 38 heavy (non-hydrogen) atoms. The number of hydrogen-bond donors (Lipinski definition) is 0. The Bertz CT molecular complexity index is 725. The minimum absolute atomic E-state index is 0. The number of carbonyl (C=O) groups is 6. The van der Waals surface area contributed by atoms with Gasteiger partial charge >= 0.3 is 51.9 Å². The number of alkyl halides is 9. The summed E-state index contributed by atoms with van der Waals surface area (Å²) < 4.78 is 108. The Kier molecular flexibility index (Phi) is 22.0. The summed E-state index contributed by atoms with van der Waals surface area (Å²) >= 11 is 0. The van der Waals surface area contributed by atoms with Crippen LogP contribution in [0.3, 0.4) is 0 Å². The zero-order chi connectivity index (χ0) is 29.8. The van der Waals surface area contributed by atoms with E-state index in [0.29, 0.717) is 0 Å². The average Bonchev–Trinajstić information content (AvgIpc) is 2.66. The van der Waals surface area contributed by atoms with Crippen molar-refractivity contribution in [1.29, 1.82) is 0 Å². The molecule has 0 fully saturated rings. The fourth-order valence-electron chi connectivity index (χ4n) is 1.21. The number of rotatable bonds is 12. The molecule has 12 nitrogen and oxygen atoms in total. The molecule has 0 aromatic carbocycles. The minimum atomic E-state index is -4.79. The monoisotopic (exact) mass is 664 g/mol. The van der Waals surface area contributed by atoms with Gasteiger partial charge in [-0.05, 0) is 0 Å². The SMILES string of the molecule is O=C([O-])CC(F)C(F)(F)C(=O)[O-].O=C([O-])CC(F)C(F)(F)C(=O)[O-].O=C([O-])CC(F)C(F)(F)C(=O)[O-].[Fe+3].[Fe+3]. The maximum absolute atomic E-state index is 12.1. The Morgan fingerprint density at radius 2 is 0.579 bits per heavy atom. The van der Waals surface area contributed by atoms with E-state index in [1.54, 1.807) is 0 Å². The van der Waals surface area contributed by atoms with Crippen molar-refractivity contribution in [3.05, 3.63) is 0 Å². The largest absolute Gasteiger partial charge is 3.00 e. The molecule has 0 saturated heterocycles. The molecule has 3 atom stereocenters. The van der Waals surface area contributed by atoms with Gasteiger partial charge in [0.2, 0.25) is 0 Å². The van der Waals surface area contributed by atoms with Crippen LogP contribution in [0.2, 0.25) is 0 Å². The fourth-order valence-corrected chi connectivity index (χ4v) is 1.21. The van der Waals surface area contributed by atoms with Crippen molar-refractivity contribution in [2.75, 3.05) is 0 Å². The molecule has 220 valence electrons. The van der Waals surface area contributed by atoms with Gasteiger partial charge in [0.25, 0.3) is 0 Å². The van der Waals surface area contributed by atoms with Crippen molar-refractivity contribution in [3.63, 3.8) is 0 Å². The normalized spacial score (nSPS) is 13.2. The molecule has 0 aromatic rings. The number of halogens is 9. The molecule has 23 heteroatoms. The first kappa shape index (κ1) is 45.2. The van der Waals surface area contributed by atoms with Crippen molar-refractivity contribution in [2.24, 2.45) is 0 Å². The summed E-state index contributed by atoms with van der Waals surface area (Å²) in [4.78, 5) is 57.3. The van der Waals surface area contributed by atoms with Crippen LogP contribution in [-0.4, -0.2) is 72.1 Å². The van der Waals surface area contributed by atoms with Gasteiger partial charge in [0.15, 0.2) is 18.5 Å². The van der Waals surface area contributed by atoms with Crippen LogP contribution in [0.1, 0.15) is 19.3 Å². The maximum Gasteiger partial charge on any atom is 3.00 e. The Labute approximate surface area is 224 Å². The van der Waals surface area contributed by atoms with Gasteiger partial charge < -0.3 is 59.4 Å². The summed E-state index contributed by atoms with van der Waals surface area (Å²) in [6, 6.07) is 0. The molecule has 0 aliphatic carbocycles. The molecule has 0 saturated carbocycles. The summed E-state index contributed by atoms with van der Waals surface area (Å²) in [5.41, 5.74) is 0. The van der Waals surface area contributed by atoms with E-state index in [1.807, 2.05) is 0 Å². The maximum atomic E-state index is 12.1. The van der Waals surface area contributed by atoms with Gasteiger partial charge in [0, 0.05) is 37.2 Å². The van der Waals surface area contributed by atoms with E-state index in [4.69, 9.17) is 0 Å². The quantitative estimate of drug-likeness (QED) is 0.140. The molecule has 0 aliphatic rings. The summed E-state index contributed by atoms with van der Waals surface area (Å²) in [6.07, 6.45) is -15.0. The zero-order valence-electron chi connectivity index (χ0n) is 17.4. The number of carbonyl (C=O) groups excluding carboxylic acids is 6. The predicted octanol–water partition coefficient (Wildman–Crippen LogP) is -6.46. The summed E-state index contributed by atoms with van der Waals surface area (Å²) in [5, 5.41) is 57.3. The second kappa shape index (κ2) is 18.5. The third-order valence-electron chi connectivity index (χ3n) is 3.03. The van der Waals surface area contributed by atoms with E-state index in [1.165, 1.54) is 0 Å². The molecule has 0 bridgehead atoms. The van der Waals surface area contributed by atoms with E-state index in [0.717, 1.165) is 0 Å². The Balaban J connectivity index is -0.000000140. The van der Waals surface area contributed by atoms with E-state index >= 15 is 0 Å². The van der Waals surface area contributed by atoms with Gasteiger partial charge in [0.05, 0.1) is 0 Å². The third-order valence-corrected chi connectivity index (χ3v) is 3.03. The van der Waals surface area contributed by atoms with E-state index < -0.39 is 91.4 Å². The molecule has 0 amide bonds. The van der Waals surface area contributed by atoms with E-state index in [9.17, 15) is 98.9 Å². The second-order valence-corrected chi connectivity index (χ2v) is 5.86. The van der Waals surface area contributed by atoms with Crippen LogP contribution in [0, 0.1) is 0 Å². The molecular weight excluding hydrogens is 655 g/mol. The van der Waals surface area contributed by atoms with Crippen LogP contribution >= 0.6 is 0 Å². The van der Waals surface area contributed by atoms with Crippen LogP contribution < -0.4 is 30.6 Å². The summed E-state index contributed by atoms with van der Waals surface area (Å²) in [7, 11) is 0. The molecule has 3 unspecified atom stereocenters. The van der Waals surface area contributed by atoms with Crippen LogP contribution in [-0.2, 0) is 62.9 Å². The van der Waals surface area contributed by atoms with Crippen molar-refractivity contribution in [3.8, 4) is 0 Å². The van der Waals surface area contributed by atoms with Gasteiger partial charge in [-0.1, -0.05) is 0 Å². The second-order valence-electron chi connectivity index (χ2n) is 5.86. The van der Waals surface area contributed by atoms with Gasteiger partial charge in [0.1, 0.15) is 17.9 Å². The van der Waals surface area contributed by atoms with Gasteiger partial charge in [-0.2, -0.15) is 26.3 Å². The van der Waals surface area contributed by atoms with Crippen LogP contribution in [0.25, 0.3) is 0 Å². The fraction of sp³-hybridized carbons (Fsp3) is 0.600. The Morgan fingerprint density at radius 3 is 0.658 bits per heavy atom. The van der Waals surface area contributed by atoms with Crippen LogP contribution in [0.5, 0.6) is 0 Å². The third kappa shape index (κ3) is 16.9. The molecule has 0 aliphatic heterocycles. The first-order valence-electron chi connectivity index (χ1n) is 8.14. The van der Waals surface area contributed by atoms with Gasteiger partial charge in [-0.15, -0.1) is 0 Å². The molecule has 0 spiro atoms. The standard InChI is InChI=1S/3C5H5F3O4.2Fe/c3*6-2(1-3(9)10)5(7,8)4(11)12;;/h3*2H,1H2,(H,9,10)(H,11,12);;/q;;;2*+3/p-6. The first-order valence-corrected chi connectivity index (χ1v) is 8.14. The number of carboxylic acid groups (broad SMARTS) is 6. The molecule has 0 aromatic heterocycles. The minimum Gasteiger partial charge on any atom is -0.550 e. The first-order chi connectivity index (χ1) is 15.8. The molecule has 0 N–H and O–H groups in total. The summed E-state index contributed by atoms with van der Waals surface area (Å²) in [5.74, 6) is -29.5. The average molecular weight is 664 g/mol. The molecule has 0 heterocycles. The number of carboxylic acids is 6.